The highest BCUT2D eigenvalue weighted by molar-refractivity contribution is 9.10. The SMILES string of the molecule is CN(c1cc(C(F)(F)F)ncn1)C1CCCN(c2ncccc2Br)C1. The number of hydrogen-bond donors (Lipinski definition) is 0. The summed E-state index contributed by atoms with van der Waals surface area (Å²) in [6, 6.07) is 4.81. The first-order valence-corrected chi connectivity index (χ1v) is 8.63. The zero-order valence-electron chi connectivity index (χ0n) is 13.5. The molecule has 1 fully saturated rings. The van der Waals surface area contributed by atoms with Crippen molar-refractivity contribution in [3.05, 3.63) is 40.9 Å². The van der Waals surface area contributed by atoms with Crippen molar-refractivity contribution in [3.63, 3.8) is 0 Å². The third-order valence-corrected chi connectivity index (χ3v) is 4.91. The molecule has 2 aromatic rings. The maximum absolute atomic E-state index is 12.9. The van der Waals surface area contributed by atoms with E-state index in [2.05, 4.69) is 35.8 Å². The fourth-order valence-corrected chi connectivity index (χ4v) is 3.46. The molecule has 3 rings (SSSR count). The lowest BCUT2D eigenvalue weighted by Gasteiger charge is -2.39. The normalized spacial score (nSPS) is 18.3. The maximum atomic E-state index is 12.9. The number of pyridine rings is 1. The lowest BCUT2D eigenvalue weighted by Crippen LogP contribution is -2.47. The molecule has 0 N–H and O–H groups in total. The molecular formula is C16H17BrF3N5. The van der Waals surface area contributed by atoms with Crippen molar-refractivity contribution in [2.75, 3.05) is 29.9 Å². The molecule has 1 aliphatic rings. The van der Waals surface area contributed by atoms with Crippen molar-refractivity contribution in [1.82, 2.24) is 15.0 Å². The molecule has 0 saturated carbocycles. The average Bonchev–Trinajstić information content (AvgIpc) is 2.61. The standard InChI is InChI=1S/C16H17BrF3N5/c1-24(14-8-13(16(18,19)20)22-10-23-14)11-4-3-7-25(9-11)15-12(17)5-2-6-21-15/h2,5-6,8,10-11H,3-4,7,9H2,1H3. The van der Waals surface area contributed by atoms with Crippen LogP contribution in [0, 0.1) is 0 Å². The van der Waals surface area contributed by atoms with Crippen LogP contribution in [0.5, 0.6) is 0 Å². The van der Waals surface area contributed by atoms with Crippen molar-refractivity contribution >= 4 is 27.6 Å². The molecule has 0 aliphatic carbocycles. The predicted molar refractivity (Wildman–Crippen MR) is 92.6 cm³/mol. The fourth-order valence-electron chi connectivity index (χ4n) is 2.96. The van der Waals surface area contributed by atoms with Crippen LogP contribution in [0.2, 0.25) is 0 Å². The van der Waals surface area contributed by atoms with Crippen molar-refractivity contribution in [3.8, 4) is 0 Å². The summed E-state index contributed by atoms with van der Waals surface area (Å²) in [7, 11) is 1.77. The van der Waals surface area contributed by atoms with Gasteiger partial charge in [-0.15, -0.1) is 0 Å². The van der Waals surface area contributed by atoms with E-state index >= 15 is 0 Å². The second-order valence-corrected chi connectivity index (χ2v) is 6.78. The van der Waals surface area contributed by atoms with Crippen molar-refractivity contribution in [2.24, 2.45) is 0 Å². The summed E-state index contributed by atoms with van der Waals surface area (Å²) in [5.74, 6) is 1.12. The van der Waals surface area contributed by atoms with E-state index in [1.807, 2.05) is 12.1 Å². The number of likely N-dealkylation sites (N-methyl/N-ethyl adjacent to an activating group) is 1. The van der Waals surface area contributed by atoms with Crippen LogP contribution in [0.4, 0.5) is 24.8 Å². The van der Waals surface area contributed by atoms with Crippen LogP contribution in [-0.4, -0.2) is 41.1 Å². The summed E-state index contributed by atoms with van der Waals surface area (Å²) in [5.41, 5.74) is -0.926. The zero-order valence-corrected chi connectivity index (χ0v) is 15.1. The van der Waals surface area contributed by atoms with Crippen molar-refractivity contribution in [2.45, 2.75) is 25.1 Å². The van der Waals surface area contributed by atoms with E-state index in [1.54, 1.807) is 18.1 Å². The van der Waals surface area contributed by atoms with Crippen LogP contribution < -0.4 is 9.80 Å². The average molecular weight is 416 g/mol. The van der Waals surface area contributed by atoms with Gasteiger partial charge >= 0.3 is 6.18 Å². The molecule has 1 saturated heterocycles. The summed E-state index contributed by atoms with van der Waals surface area (Å²) < 4.78 is 39.5. The van der Waals surface area contributed by atoms with E-state index in [0.29, 0.717) is 6.54 Å². The summed E-state index contributed by atoms with van der Waals surface area (Å²) in [4.78, 5) is 15.7. The second kappa shape index (κ2) is 7.15. The highest BCUT2D eigenvalue weighted by Crippen LogP contribution is 2.31. The number of piperidine rings is 1. The Hall–Kier alpha value is -1.90. The highest BCUT2D eigenvalue weighted by atomic mass is 79.9. The number of aromatic nitrogens is 3. The van der Waals surface area contributed by atoms with E-state index < -0.39 is 11.9 Å². The molecule has 0 aromatic carbocycles. The zero-order chi connectivity index (χ0) is 18.0. The van der Waals surface area contributed by atoms with Gasteiger partial charge in [0.2, 0.25) is 0 Å². The Morgan fingerprint density at radius 1 is 1.28 bits per heavy atom. The Morgan fingerprint density at radius 2 is 2.08 bits per heavy atom. The molecule has 1 atom stereocenters. The third-order valence-electron chi connectivity index (χ3n) is 4.29. The summed E-state index contributed by atoms with van der Waals surface area (Å²) >= 11 is 3.50. The largest absolute Gasteiger partial charge is 0.433 e. The molecule has 0 bridgehead atoms. The van der Waals surface area contributed by atoms with Crippen LogP contribution in [0.15, 0.2) is 35.2 Å². The molecule has 1 unspecified atom stereocenters. The van der Waals surface area contributed by atoms with Crippen LogP contribution in [0.3, 0.4) is 0 Å². The molecule has 9 heteroatoms. The minimum absolute atomic E-state index is 0.0404. The number of alkyl halides is 3. The molecule has 2 aromatic heterocycles. The topological polar surface area (TPSA) is 45.2 Å². The quantitative estimate of drug-likeness (QED) is 0.763. The van der Waals surface area contributed by atoms with E-state index in [-0.39, 0.29) is 11.9 Å². The van der Waals surface area contributed by atoms with Crippen LogP contribution in [-0.2, 0) is 6.18 Å². The first-order chi connectivity index (χ1) is 11.9. The van der Waals surface area contributed by atoms with Gasteiger partial charge in [0.1, 0.15) is 23.7 Å². The van der Waals surface area contributed by atoms with E-state index in [0.717, 1.165) is 42.1 Å². The van der Waals surface area contributed by atoms with Gasteiger partial charge in [0.05, 0.1) is 4.47 Å². The molecule has 1 aliphatic heterocycles. The Morgan fingerprint density at radius 3 is 2.80 bits per heavy atom. The Labute approximate surface area is 152 Å². The number of halogens is 4. The van der Waals surface area contributed by atoms with E-state index in [1.165, 1.54) is 0 Å². The lowest BCUT2D eigenvalue weighted by atomic mass is 10.0. The minimum Gasteiger partial charge on any atom is -0.355 e. The Bertz CT molecular complexity index is 740. The number of anilines is 2. The molecule has 3 heterocycles. The first-order valence-electron chi connectivity index (χ1n) is 7.84. The van der Waals surface area contributed by atoms with Crippen LogP contribution in [0.1, 0.15) is 18.5 Å². The molecule has 5 nitrogen and oxygen atoms in total. The van der Waals surface area contributed by atoms with Gasteiger partial charge in [-0.25, -0.2) is 15.0 Å². The lowest BCUT2D eigenvalue weighted by molar-refractivity contribution is -0.141. The van der Waals surface area contributed by atoms with E-state index in [9.17, 15) is 13.2 Å². The van der Waals surface area contributed by atoms with Gasteiger partial charge in [-0.2, -0.15) is 13.2 Å². The molecule has 25 heavy (non-hydrogen) atoms. The number of hydrogen-bond acceptors (Lipinski definition) is 5. The third kappa shape index (κ3) is 4.02. The smallest absolute Gasteiger partial charge is 0.355 e. The fraction of sp³-hybridized carbons (Fsp3) is 0.438. The molecule has 0 amide bonds. The summed E-state index contributed by atoms with van der Waals surface area (Å²) in [6.07, 6.45) is 0.0199. The molecule has 134 valence electrons. The monoisotopic (exact) mass is 415 g/mol. The van der Waals surface area contributed by atoms with Gasteiger partial charge in [-0.1, -0.05) is 0 Å². The van der Waals surface area contributed by atoms with Gasteiger partial charge in [-0.05, 0) is 40.9 Å². The van der Waals surface area contributed by atoms with Gasteiger partial charge in [-0.3, -0.25) is 0 Å². The highest BCUT2D eigenvalue weighted by Gasteiger charge is 2.34. The molecule has 0 radical (unpaired) electrons. The van der Waals surface area contributed by atoms with Gasteiger partial charge in [0.25, 0.3) is 0 Å². The summed E-state index contributed by atoms with van der Waals surface area (Å²) in [6.45, 7) is 1.52. The molecular weight excluding hydrogens is 399 g/mol. The maximum Gasteiger partial charge on any atom is 0.433 e. The Balaban J connectivity index is 1.79. The van der Waals surface area contributed by atoms with Crippen LogP contribution >= 0.6 is 15.9 Å². The first kappa shape index (κ1) is 17.9. The van der Waals surface area contributed by atoms with Crippen LogP contribution in [0.25, 0.3) is 0 Å². The minimum atomic E-state index is -4.48. The van der Waals surface area contributed by atoms with Gasteiger partial charge in [0, 0.05) is 38.4 Å². The van der Waals surface area contributed by atoms with E-state index in [4.69, 9.17) is 0 Å². The van der Waals surface area contributed by atoms with Gasteiger partial charge < -0.3 is 9.80 Å². The predicted octanol–water partition coefficient (Wildman–Crippen LogP) is 3.76. The van der Waals surface area contributed by atoms with Gasteiger partial charge in [0.15, 0.2) is 0 Å². The second-order valence-electron chi connectivity index (χ2n) is 5.92. The van der Waals surface area contributed by atoms with Crippen molar-refractivity contribution in [1.29, 1.82) is 0 Å². The summed E-state index contributed by atoms with van der Waals surface area (Å²) in [5, 5.41) is 0. The molecule has 0 spiro atoms. The van der Waals surface area contributed by atoms with Crippen molar-refractivity contribution < 1.29 is 13.2 Å². The number of rotatable bonds is 3. The Kier molecular flexibility index (Phi) is 5.12. The number of nitrogens with zero attached hydrogens (tertiary/aromatic N) is 5.